The van der Waals surface area contributed by atoms with E-state index in [1.807, 2.05) is 89.2 Å². The Kier molecular flexibility index (Phi) is 6.27. The van der Waals surface area contributed by atoms with E-state index >= 15 is 0 Å². The molecule has 0 saturated carbocycles. The van der Waals surface area contributed by atoms with Crippen molar-refractivity contribution >= 4 is 28.4 Å². The van der Waals surface area contributed by atoms with Gasteiger partial charge >= 0.3 is 6.03 Å². The molecule has 0 aliphatic carbocycles. The van der Waals surface area contributed by atoms with Crippen LogP contribution >= 0.6 is 0 Å². The van der Waals surface area contributed by atoms with Crippen LogP contribution in [-0.4, -0.2) is 60.0 Å². The number of carbonyl (C=O) groups excluding carboxylic acids is 1. The number of rotatable bonds is 5. The minimum atomic E-state index is -0.0944. The van der Waals surface area contributed by atoms with Crippen LogP contribution in [0.25, 0.3) is 22.3 Å². The van der Waals surface area contributed by atoms with E-state index in [4.69, 9.17) is 9.84 Å². The summed E-state index contributed by atoms with van der Waals surface area (Å²) in [7, 11) is 5.63. The largest absolute Gasteiger partial charge is 0.497 e. The summed E-state index contributed by atoms with van der Waals surface area (Å²) in [6.45, 7) is 1.29. The van der Waals surface area contributed by atoms with Crippen LogP contribution in [0.3, 0.4) is 0 Å². The Morgan fingerprint density at radius 3 is 2.80 bits per heavy atom. The van der Waals surface area contributed by atoms with E-state index in [-0.39, 0.29) is 12.1 Å². The maximum atomic E-state index is 13.1. The van der Waals surface area contributed by atoms with E-state index < -0.39 is 0 Å². The van der Waals surface area contributed by atoms with E-state index in [0.717, 1.165) is 52.3 Å². The summed E-state index contributed by atoms with van der Waals surface area (Å²) in [5, 5.41) is 9.05. The Hall–Kier alpha value is -4.07. The number of likely N-dealkylation sites (tertiary alicyclic amines) is 1. The van der Waals surface area contributed by atoms with Crippen molar-refractivity contribution in [1.82, 2.24) is 19.7 Å². The van der Waals surface area contributed by atoms with Gasteiger partial charge in [0.05, 0.1) is 13.2 Å². The van der Waals surface area contributed by atoms with Gasteiger partial charge < -0.3 is 19.9 Å². The van der Waals surface area contributed by atoms with Gasteiger partial charge in [0, 0.05) is 55.7 Å². The number of hydrogen-bond donors (Lipinski definition) is 1. The monoisotopic (exact) mass is 470 g/mol. The maximum absolute atomic E-state index is 13.1. The predicted octanol–water partition coefficient (Wildman–Crippen LogP) is 5.04. The average Bonchev–Trinajstić information content (AvgIpc) is 3.29. The number of amides is 2. The summed E-state index contributed by atoms with van der Waals surface area (Å²) < 4.78 is 7.41. The van der Waals surface area contributed by atoms with Crippen molar-refractivity contribution < 1.29 is 9.53 Å². The highest BCUT2D eigenvalue weighted by atomic mass is 16.5. The molecule has 1 N–H and O–H groups in total. The second-order valence-corrected chi connectivity index (χ2v) is 9.02. The fraction of sp³-hybridized carbons (Fsp3) is 0.296. The molecule has 1 aliphatic rings. The number of urea groups is 1. The smallest absolute Gasteiger partial charge is 0.321 e. The van der Waals surface area contributed by atoms with E-state index in [1.54, 1.807) is 13.3 Å². The van der Waals surface area contributed by atoms with Crippen LogP contribution in [-0.2, 0) is 0 Å². The molecule has 0 unspecified atom stereocenters. The number of nitrogens with zero attached hydrogens (tertiary/aromatic N) is 5. The summed E-state index contributed by atoms with van der Waals surface area (Å²) in [5.74, 6) is 0.785. The van der Waals surface area contributed by atoms with Crippen molar-refractivity contribution in [2.45, 2.75) is 18.9 Å². The third-order valence-electron chi connectivity index (χ3n) is 6.45. The van der Waals surface area contributed by atoms with Crippen molar-refractivity contribution in [3.63, 3.8) is 0 Å². The number of carbonyl (C=O) groups is 1. The SMILES string of the molecule is COc1cccc(-c2nn([C@H]3CCCN(C(=O)Nc4cccc(N(C)C)c4)C3)c3ncccc23)c1. The number of ether oxygens (including phenoxy) is 1. The molecule has 8 heteroatoms. The highest BCUT2D eigenvalue weighted by Crippen LogP contribution is 2.33. The average molecular weight is 471 g/mol. The summed E-state index contributed by atoms with van der Waals surface area (Å²) >= 11 is 0. The third kappa shape index (κ3) is 4.64. The first-order valence-electron chi connectivity index (χ1n) is 11.8. The first-order valence-corrected chi connectivity index (χ1v) is 11.8. The molecule has 180 valence electrons. The maximum Gasteiger partial charge on any atom is 0.321 e. The van der Waals surface area contributed by atoms with Gasteiger partial charge in [-0.3, -0.25) is 0 Å². The molecular weight excluding hydrogens is 440 g/mol. The number of nitrogens with one attached hydrogen (secondary N) is 1. The number of fused-ring (bicyclic) bond motifs is 1. The molecule has 1 atom stereocenters. The predicted molar refractivity (Wildman–Crippen MR) is 139 cm³/mol. The fourth-order valence-electron chi connectivity index (χ4n) is 4.61. The van der Waals surface area contributed by atoms with Crippen molar-refractivity contribution in [3.8, 4) is 17.0 Å². The van der Waals surface area contributed by atoms with Crippen LogP contribution in [0.1, 0.15) is 18.9 Å². The van der Waals surface area contributed by atoms with E-state index in [0.29, 0.717) is 13.1 Å². The molecule has 0 radical (unpaired) electrons. The quantitative estimate of drug-likeness (QED) is 0.442. The summed E-state index contributed by atoms with van der Waals surface area (Å²) in [4.78, 5) is 21.7. The molecule has 0 bridgehead atoms. The van der Waals surface area contributed by atoms with Gasteiger partial charge in [-0.1, -0.05) is 18.2 Å². The lowest BCUT2D eigenvalue weighted by Crippen LogP contribution is -2.43. The van der Waals surface area contributed by atoms with Crippen LogP contribution in [0, 0.1) is 0 Å². The lowest BCUT2D eigenvalue weighted by Gasteiger charge is -2.33. The molecule has 1 saturated heterocycles. The first kappa shape index (κ1) is 22.7. The summed E-state index contributed by atoms with van der Waals surface area (Å²) in [6.07, 6.45) is 3.63. The topological polar surface area (TPSA) is 75.5 Å². The van der Waals surface area contributed by atoms with Crippen LogP contribution in [0.2, 0.25) is 0 Å². The molecule has 2 aromatic carbocycles. The van der Waals surface area contributed by atoms with Crippen molar-refractivity contribution in [2.24, 2.45) is 0 Å². The molecule has 5 rings (SSSR count). The van der Waals surface area contributed by atoms with Gasteiger partial charge in [0.15, 0.2) is 5.65 Å². The van der Waals surface area contributed by atoms with E-state index in [1.165, 1.54) is 0 Å². The van der Waals surface area contributed by atoms with Gasteiger partial charge in [0.25, 0.3) is 0 Å². The normalized spacial score (nSPS) is 15.7. The second-order valence-electron chi connectivity index (χ2n) is 9.02. The Morgan fingerprint density at radius 2 is 1.97 bits per heavy atom. The molecule has 8 nitrogen and oxygen atoms in total. The van der Waals surface area contributed by atoms with Crippen LogP contribution in [0.5, 0.6) is 5.75 Å². The minimum Gasteiger partial charge on any atom is -0.497 e. The molecule has 2 aromatic heterocycles. The fourth-order valence-corrected chi connectivity index (χ4v) is 4.61. The number of piperidine rings is 1. The standard InChI is InChI=1S/C27H30N6O2/c1-31(2)21-10-5-9-20(17-21)29-27(34)32-15-7-11-22(18-32)33-26-24(13-6-14-28-26)25(30-33)19-8-4-12-23(16-19)35-3/h4-6,8-10,12-14,16-17,22H,7,11,15,18H2,1-3H3,(H,29,34)/t22-/m0/s1. The zero-order valence-electron chi connectivity index (χ0n) is 20.3. The number of aromatic nitrogens is 3. The van der Waals surface area contributed by atoms with Crippen LogP contribution < -0.4 is 15.0 Å². The zero-order chi connectivity index (χ0) is 24.4. The van der Waals surface area contributed by atoms with Gasteiger partial charge in [-0.2, -0.15) is 5.10 Å². The zero-order valence-corrected chi connectivity index (χ0v) is 20.3. The van der Waals surface area contributed by atoms with Gasteiger partial charge in [0.1, 0.15) is 11.4 Å². The molecule has 3 heterocycles. The van der Waals surface area contributed by atoms with E-state index in [9.17, 15) is 4.79 Å². The van der Waals surface area contributed by atoms with Crippen molar-refractivity contribution in [2.75, 3.05) is 44.5 Å². The molecule has 1 fully saturated rings. The van der Waals surface area contributed by atoms with Crippen molar-refractivity contribution in [1.29, 1.82) is 0 Å². The number of hydrogen-bond acceptors (Lipinski definition) is 5. The summed E-state index contributed by atoms with van der Waals surface area (Å²) in [6, 6.07) is 19.7. The van der Waals surface area contributed by atoms with Crippen molar-refractivity contribution in [3.05, 3.63) is 66.9 Å². The van der Waals surface area contributed by atoms with Crippen LogP contribution in [0.15, 0.2) is 66.9 Å². The Labute approximate surface area is 205 Å². The van der Waals surface area contributed by atoms with Gasteiger partial charge in [-0.25, -0.2) is 14.5 Å². The molecule has 1 aliphatic heterocycles. The summed E-state index contributed by atoms with van der Waals surface area (Å²) in [5.41, 5.74) is 4.51. The number of methoxy groups -OCH3 is 1. The molecule has 0 spiro atoms. The molecule has 4 aromatic rings. The first-order chi connectivity index (χ1) is 17.0. The third-order valence-corrected chi connectivity index (χ3v) is 6.45. The lowest BCUT2D eigenvalue weighted by molar-refractivity contribution is 0.176. The highest BCUT2D eigenvalue weighted by Gasteiger charge is 2.28. The molecule has 2 amide bonds. The van der Waals surface area contributed by atoms with Gasteiger partial charge in [-0.15, -0.1) is 0 Å². The number of benzene rings is 2. The lowest BCUT2D eigenvalue weighted by atomic mass is 10.1. The Morgan fingerprint density at radius 1 is 1.11 bits per heavy atom. The minimum absolute atomic E-state index is 0.0411. The molecular formula is C27H30N6O2. The van der Waals surface area contributed by atoms with Gasteiger partial charge in [0.2, 0.25) is 0 Å². The number of anilines is 2. The Balaban J connectivity index is 1.40. The van der Waals surface area contributed by atoms with Crippen LogP contribution in [0.4, 0.5) is 16.2 Å². The Bertz CT molecular complexity index is 1350. The molecule has 35 heavy (non-hydrogen) atoms. The second kappa shape index (κ2) is 9.66. The van der Waals surface area contributed by atoms with E-state index in [2.05, 4.69) is 10.3 Å². The number of pyridine rings is 1. The highest BCUT2D eigenvalue weighted by molar-refractivity contribution is 5.92. The van der Waals surface area contributed by atoms with Gasteiger partial charge in [-0.05, 0) is 55.3 Å².